The molecule has 4 aromatic carbocycles. The van der Waals surface area contributed by atoms with E-state index in [1.165, 1.54) is 9.80 Å². The van der Waals surface area contributed by atoms with Crippen molar-refractivity contribution in [2.45, 2.75) is 33.2 Å². The highest BCUT2D eigenvalue weighted by Crippen LogP contribution is 2.31. The topological polar surface area (TPSA) is 81.2 Å². The second kappa shape index (κ2) is 12.3. The molecule has 6 rings (SSSR count). The molecule has 0 spiro atoms. The first-order chi connectivity index (χ1) is 21.3. The summed E-state index contributed by atoms with van der Waals surface area (Å²) in [6, 6.07) is 22.6. The van der Waals surface area contributed by atoms with E-state index in [0.29, 0.717) is 48.4 Å². The molecule has 2 heterocycles. The van der Waals surface area contributed by atoms with Gasteiger partial charge in [-0.1, -0.05) is 55.5 Å². The first-order valence-corrected chi connectivity index (χ1v) is 15.5. The average Bonchev–Trinajstić information content (AvgIpc) is 3.03. The average molecular weight is 591 g/mol. The van der Waals surface area contributed by atoms with E-state index in [0.717, 1.165) is 47.6 Å². The number of imide groups is 2. The van der Waals surface area contributed by atoms with Crippen LogP contribution in [0.2, 0.25) is 0 Å². The summed E-state index contributed by atoms with van der Waals surface area (Å²) in [6.45, 7) is 10.6. The summed E-state index contributed by atoms with van der Waals surface area (Å²) in [7, 11) is 0. The maximum Gasteiger partial charge on any atom is 0.261 e. The van der Waals surface area contributed by atoms with Crippen molar-refractivity contribution in [1.29, 1.82) is 0 Å². The van der Waals surface area contributed by atoms with Gasteiger partial charge < -0.3 is 4.90 Å². The molecule has 8 heteroatoms. The van der Waals surface area contributed by atoms with Crippen molar-refractivity contribution in [1.82, 2.24) is 19.6 Å². The summed E-state index contributed by atoms with van der Waals surface area (Å²) in [5.74, 6) is -0.939. The van der Waals surface area contributed by atoms with Crippen LogP contribution in [0.4, 0.5) is 0 Å². The molecule has 4 amide bonds. The standard InChI is InChI=1S/C36H38N4O4/c1-4-37(20-22-39-33(41)27-14-5-10-25-11-6-15-28(31(25)27)34(39)42)18-9-19-38(24(2)3)21-23-40-35(43)29-16-7-12-26-13-8-17-30(32(26)29)36(40)44/h5-8,10-17,24H,4,9,18-23H2,1-3H3. The van der Waals surface area contributed by atoms with Crippen molar-refractivity contribution in [2.75, 3.05) is 45.8 Å². The summed E-state index contributed by atoms with van der Waals surface area (Å²) in [4.78, 5) is 60.6. The molecule has 0 radical (unpaired) electrons. The molecule has 0 aromatic heterocycles. The third-order valence-electron chi connectivity index (χ3n) is 9.06. The summed E-state index contributed by atoms with van der Waals surface area (Å²) >= 11 is 0. The Morgan fingerprint density at radius 2 is 0.977 bits per heavy atom. The van der Waals surface area contributed by atoms with Crippen LogP contribution in [-0.4, -0.2) is 95.1 Å². The molecule has 44 heavy (non-hydrogen) atoms. The Labute approximate surface area is 257 Å². The van der Waals surface area contributed by atoms with Gasteiger partial charge in [-0.2, -0.15) is 0 Å². The van der Waals surface area contributed by atoms with E-state index in [1.807, 2.05) is 48.5 Å². The van der Waals surface area contributed by atoms with E-state index in [4.69, 9.17) is 0 Å². The molecular formula is C36H38N4O4. The van der Waals surface area contributed by atoms with Gasteiger partial charge in [-0.25, -0.2) is 0 Å². The second-order valence-electron chi connectivity index (χ2n) is 11.9. The lowest BCUT2D eigenvalue weighted by Gasteiger charge is -2.32. The molecule has 0 atom stereocenters. The Kier molecular flexibility index (Phi) is 8.29. The van der Waals surface area contributed by atoms with E-state index in [-0.39, 0.29) is 29.7 Å². The zero-order valence-electron chi connectivity index (χ0n) is 25.6. The van der Waals surface area contributed by atoms with Gasteiger partial charge in [-0.3, -0.25) is 33.9 Å². The van der Waals surface area contributed by atoms with Gasteiger partial charge in [0.15, 0.2) is 0 Å². The summed E-state index contributed by atoms with van der Waals surface area (Å²) < 4.78 is 0. The van der Waals surface area contributed by atoms with Crippen molar-refractivity contribution in [3.8, 4) is 0 Å². The van der Waals surface area contributed by atoms with Crippen molar-refractivity contribution in [3.63, 3.8) is 0 Å². The molecular weight excluding hydrogens is 552 g/mol. The SMILES string of the molecule is CCN(CCCN(CCN1C(=O)c2cccc3cccc(c23)C1=O)C(C)C)CCN1C(=O)c2cccc3cccc(c23)C1=O. The predicted molar refractivity (Wildman–Crippen MR) is 172 cm³/mol. The fourth-order valence-electron chi connectivity index (χ4n) is 6.59. The highest BCUT2D eigenvalue weighted by Gasteiger charge is 2.34. The van der Waals surface area contributed by atoms with Gasteiger partial charge >= 0.3 is 0 Å². The maximum atomic E-state index is 13.3. The third-order valence-corrected chi connectivity index (χ3v) is 9.06. The lowest BCUT2D eigenvalue weighted by Crippen LogP contribution is -2.46. The summed E-state index contributed by atoms with van der Waals surface area (Å²) in [6.07, 6.45) is 0.875. The van der Waals surface area contributed by atoms with Crippen LogP contribution in [0, 0.1) is 0 Å². The minimum Gasteiger partial charge on any atom is -0.302 e. The molecule has 0 fully saturated rings. The lowest BCUT2D eigenvalue weighted by atomic mass is 9.94. The molecule has 2 aliphatic heterocycles. The first kappa shape index (κ1) is 29.7. The van der Waals surface area contributed by atoms with Crippen molar-refractivity contribution in [3.05, 3.63) is 95.1 Å². The smallest absolute Gasteiger partial charge is 0.261 e. The molecule has 0 bridgehead atoms. The molecule has 0 N–H and O–H groups in total. The van der Waals surface area contributed by atoms with Crippen LogP contribution in [0.15, 0.2) is 72.8 Å². The molecule has 226 valence electrons. The second-order valence-corrected chi connectivity index (χ2v) is 11.9. The lowest BCUT2D eigenvalue weighted by molar-refractivity contribution is 0.0578. The van der Waals surface area contributed by atoms with Gasteiger partial charge in [-0.05, 0) is 74.9 Å². The molecule has 4 aromatic rings. The molecule has 2 aliphatic rings. The zero-order chi connectivity index (χ0) is 31.0. The van der Waals surface area contributed by atoms with Crippen LogP contribution in [0.1, 0.15) is 68.6 Å². The minimum atomic E-state index is -0.235. The van der Waals surface area contributed by atoms with E-state index < -0.39 is 0 Å². The van der Waals surface area contributed by atoms with Crippen LogP contribution >= 0.6 is 0 Å². The normalized spacial score (nSPS) is 14.8. The highest BCUT2D eigenvalue weighted by atomic mass is 16.2. The number of hydrogen-bond donors (Lipinski definition) is 0. The first-order valence-electron chi connectivity index (χ1n) is 15.5. The van der Waals surface area contributed by atoms with Gasteiger partial charge in [0.2, 0.25) is 0 Å². The Balaban J connectivity index is 1.04. The number of hydrogen-bond acceptors (Lipinski definition) is 6. The van der Waals surface area contributed by atoms with Crippen molar-refractivity contribution in [2.24, 2.45) is 0 Å². The summed E-state index contributed by atoms with van der Waals surface area (Å²) in [5, 5.41) is 3.30. The van der Waals surface area contributed by atoms with Crippen LogP contribution in [0.25, 0.3) is 21.5 Å². The Hall–Kier alpha value is -4.40. The monoisotopic (exact) mass is 590 g/mol. The van der Waals surface area contributed by atoms with Gasteiger partial charge in [0.1, 0.15) is 0 Å². The Bertz CT molecular complexity index is 1680. The molecule has 0 unspecified atom stereocenters. The number of rotatable bonds is 12. The highest BCUT2D eigenvalue weighted by molar-refractivity contribution is 6.26. The quantitative estimate of drug-likeness (QED) is 0.208. The van der Waals surface area contributed by atoms with E-state index in [2.05, 4.69) is 30.6 Å². The largest absolute Gasteiger partial charge is 0.302 e. The third kappa shape index (κ3) is 5.29. The minimum absolute atomic E-state index is 0.234. The van der Waals surface area contributed by atoms with E-state index in [9.17, 15) is 19.2 Å². The number of carbonyl (C=O) groups is 4. The number of benzene rings is 4. The number of likely N-dealkylation sites (N-methyl/N-ethyl adjacent to an activating group) is 1. The molecule has 8 nitrogen and oxygen atoms in total. The van der Waals surface area contributed by atoms with E-state index >= 15 is 0 Å². The Morgan fingerprint density at radius 1 is 0.568 bits per heavy atom. The Morgan fingerprint density at radius 3 is 1.36 bits per heavy atom. The van der Waals surface area contributed by atoms with Crippen molar-refractivity contribution >= 4 is 45.2 Å². The maximum absolute atomic E-state index is 13.3. The van der Waals surface area contributed by atoms with Crippen LogP contribution in [-0.2, 0) is 0 Å². The van der Waals surface area contributed by atoms with Crippen molar-refractivity contribution < 1.29 is 19.2 Å². The van der Waals surface area contributed by atoms with E-state index in [1.54, 1.807) is 24.3 Å². The predicted octanol–water partition coefficient (Wildman–Crippen LogP) is 5.31. The summed E-state index contributed by atoms with van der Waals surface area (Å²) in [5.41, 5.74) is 2.33. The fourth-order valence-corrected chi connectivity index (χ4v) is 6.59. The van der Waals surface area contributed by atoms with Gasteiger partial charge in [0.25, 0.3) is 23.6 Å². The van der Waals surface area contributed by atoms with Crippen LogP contribution < -0.4 is 0 Å². The fraction of sp³-hybridized carbons (Fsp3) is 0.333. The number of carbonyl (C=O) groups excluding carboxylic acids is 4. The zero-order valence-corrected chi connectivity index (χ0v) is 25.6. The van der Waals surface area contributed by atoms with Gasteiger partial charge in [0.05, 0.1) is 0 Å². The van der Waals surface area contributed by atoms with Crippen LogP contribution in [0.5, 0.6) is 0 Å². The molecule has 0 saturated heterocycles. The number of amides is 4. The molecule has 0 saturated carbocycles. The molecule has 0 aliphatic carbocycles. The van der Waals surface area contributed by atoms with Crippen LogP contribution in [0.3, 0.4) is 0 Å². The van der Waals surface area contributed by atoms with Gasteiger partial charge in [0, 0.05) is 65.2 Å². The van der Waals surface area contributed by atoms with Gasteiger partial charge in [-0.15, -0.1) is 0 Å². The number of nitrogens with zero attached hydrogens (tertiary/aromatic N) is 4.